The van der Waals surface area contributed by atoms with Gasteiger partial charge in [0.15, 0.2) is 0 Å². The Balaban J connectivity index is 2.20. The van der Waals surface area contributed by atoms with Gasteiger partial charge in [-0.05, 0) is 36.2 Å². The summed E-state index contributed by atoms with van der Waals surface area (Å²) in [6.07, 6.45) is 0.880. The second kappa shape index (κ2) is 6.21. The van der Waals surface area contributed by atoms with E-state index < -0.39 is 5.91 Å². The lowest BCUT2D eigenvalue weighted by Crippen LogP contribution is -2.12. The molecule has 0 aliphatic heterocycles. The molecule has 104 valence electrons. The summed E-state index contributed by atoms with van der Waals surface area (Å²) in [6.45, 7) is 2.04. The molecule has 1 amide bonds. The minimum Gasteiger partial charge on any atom is -0.457 e. The lowest BCUT2D eigenvalue weighted by Gasteiger charge is -2.12. The van der Waals surface area contributed by atoms with E-state index in [0.717, 1.165) is 12.0 Å². The lowest BCUT2D eigenvalue weighted by molar-refractivity contribution is 0.0998. The van der Waals surface area contributed by atoms with E-state index in [-0.39, 0.29) is 6.04 Å². The van der Waals surface area contributed by atoms with E-state index in [0.29, 0.717) is 17.1 Å². The maximum Gasteiger partial charge on any atom is 0.252 e. The van der Waals surface area contributed by atoms with Crippen LogP contribution >= 0.6 is 0 Å². The van der Waals surface area contributed by atoms with E-state index in [4.69, 9.17) is 16.2 Å². The summed E-state index contributed by atoms with van der Waals surface area (Å²) >= 11 is 0. The van der Waals surface area contributed by atoms with Crippen LogP contribution in [0.15, 0.2) is 48.5 Å². The van der Waals surface area contributed by atoms with E-state index in [1.165, 1.54) is 0 Å². The van der Waals surface area contributed by atoms with Gasteiger partial charge in [-0.15, -0.1) is 0 Å². The molecular formula is C16H18N2O2. The first-order valence-electron chi connectivity index (χ1n) is 6.54. The molecule has 2 aromatic carbocycles. The first kappa shape index (κ1) is 14.1. The molecule has 0 fully saturated rings. The highest BCUT2D eigenvalue weighted by atomic mass is 16.5. The van der Waals surface area contributed by atoms with Crippen LogP contribution < -0.4 is 16.2 Å². The van der Waals surface area contributed by atoms with Crippen molar-refractivity contribution in [2.24, 2.45) is 11.5 Å². The van der Waals surface area contributed by atoms with Crippen LogP contribution in [0.3, 0.4) is 0 Å². The number of carbonyl (C=O) groups excluding carboxylic acids is 1. The van der Waals surface area contributed by atoms with Crippen LogP contribution in [0.2, 0.25) is 0 Å². The van der Waals surface area contributed by atoms with Crippen LogP contribution in [0.25, 0.3) is 0 Å². The minimum atomic E-state index is -0.509. The maximum absolute atomic E-state index is 11.3. The lowest BCUT2D eigenvalue weighted by atomic mass is 10.1. The summed E-state index contributed by atoms with van der Waals surface area (Å²) in [6, 6.07) is 14.4. The van der Waals surface area contributed by atoms with Crippen LogP contribution in [-0.4, -0.2) is 5.91 Å². The fourth-order valence-corrected chi connectivity index (χ4v) is 1.90. The number of carbonyl (C=O) groups is 1. The Bertz CT molecular complexity index is 594. The number of primary amides is 1. The second-order valence-electron chi connectivity index (χ2n) is 4.55. The molecule has 2 rings (SSSR count). The highest BCUT2D eigenvalue weighted by Gasteiger charge is 2.09. The van der Waals surface area contributed by atoms with Crippen molar-refractivity contribution in [3.63, 3.8) is 0 Å². The van der Waals surface area contributed by atoms with Crippen molar-refractivity contribution in [2.45, 2.75) is 19.4 Å². The predicted octanol–water partition coefficient (Wildman–Crippen LogP) is 2.99. The van der Waals surface area contributed by atoms with Crippen molar-refractivity contribution < 1.29 is 9.53 Å². The Morgan fingerprint density at radius 1 is 1.15 bits per heavy atom. The van der Waals surface area contributed by atoms with Gasteiger partial charge in [-0.25, -0.2) is 0 Å². The maximum atomic E-state index is 11.3. The molecule has 0 saturated heterocycles. The molecule has 4 N–H and O–H groups in total. The van der Waals surface area contributed by atoms with Gasteiger partial charge in [0.1, 0.15) is 11.5 Å². The van der Waals surface area contributed by atoms with Gasteiger partial charge in [0.25, 0.3) is 5.91 Å². The summed E-state index contributed by atoms with van der Waals surface area (Å²) in [5, 5.41) is 0. The summed E-state index contributed by atoms with van der Waals surface area (Å²) < 4.78 is 5.70. The topological polar surface area (TPSA) is 78.3 Å². The average molecular weight is 270 g/mol. The molecule has 1 atom stereocenters. The number of ether oxygens (including phenoxy) is 1. The molecule has 20 heavy (non-hydrogen) atoms. The summed E-state index contributed by atoms with van der Waals surface area (Å²) in [7, 11) is 0. The predicted molar refractivity (Wildman–Crippen MR) is 78.7 cm³/mol. The number of para-hydroxylation sites is 1. The van der Waals surface area contributed by atoms with Crippen molar-refractivity contribution in [3.05, 3.63) is 59.7 Å². The third kappa shape index (κ3) is 3.16. The molecule has 0 spiro atoms. The van der Waals surface area contributed by atoms with Gasteiger partial charge >= 0.3 is 0 Å². The first-order chi connectivity index (χ1) is 9.61. The molecule has 0 aliphatic carbocycles. The standard InChI is InChI=1S/C16H18N2O2/c1-2-14(17)11-7-9-12(10-8-11)20-15-6-4-3-5-13(15)16(18)19/h3-10,14H,2,17H2,1H3,(H2,18,19)/t14-/m1/s1. The average Bonchev–Trinajstić information content (AvgIpc) is 2.47. The number of benzene rings is 2. The number of nitrogens with two attached hydrogens (primary N) is 2. The molecule has 0 aromatic heterocycles. The van der Waals surface area contributed by atoms with Crippen LogP contribution in [0.1, 0.15) is 35.3 Å². The van der Waals surface area contributed by atoms with Gasteiger partial charge in [-0.2, -0.15) is 0 Å². The molecule has 0 heterocycles. The van der Waals surface area contributed by atoms with Gasteiger partial charge in [0.2, 0.25) is 0 Å². The Hall–Kier alpha value is -2.33. The van der Waals surface area contributed by atoms with E-state index in [9.17, 15) is 4.79 Å². The van der Waals surface area contributed by atoms with Crippen molar-refractivity contribution >= 4 is 5.91 Å². The van der Waals surface area contributed by atoms with Crippen LogP contribution in [0.5, 0.6) is 11.5 Å². The normalized spacial score (nSPS) is 11.9. The Labute approximate surface area is 118 Å². The third-order valence-electron chi connectivity index (χ3n) is 3.13. The highest BCUT2D eigenvalue weighted by molar-refractivity contribution is 5.95. The number of hydrogen-bond donors (Lipinski definition) is 2. The zero-order valence-electron chi connectivity index (χ0n) is 11.4. The summed E-state index contributed by atoms with van der Waals surface area (Å²) in [5.41, 5.74) is 12.7. The summed E-state index contributed by atoms with van der Waals surface area (Å²) in [4.78, 5) is 11.3. The van der Waals surface area contributed by atoms with Crippen molar-refractivity contribution in [3.8, 4) is 11.5 Å². The Morgan fingerprint density at radius 2 is 1.80 bits per heavy atom. The van der Waals surface area contributed by atoms with Gasteiger partial charge in [0.05, 0.1) is 5.56 Å². The SMILES string of the molecule is CC[C@@H](N)c1ccc(Oc2ccccc2C(N)=O)cc1. The molecule has 0 saturated carbocycles. The van der Waals surface area contributed by atoms with Gasteiger partial charge in [-0.1, -0.05) is 31.2 Å². The van der Waals surface area contributed by atoms with Crippen LogP contribution in [-0.2, 0) is 0 Å². The molecule has 0 radical (unpaired) electrons. The summed E-state index contributed by atoms with van der Waals surface area (Å²) in [5.74, 6) is 0.587. The minimum absolute atomic E-state index is 0.0296. The van der Waals surface area contributed by atoms with Gasteiger partial charge < -0.3 is 16.2 Å². The highest BCUT2D eigenvalue weighted by Crippen LogP contribution is 2.26. The molecule has 0 aliphatic rings. The van der Waals surface area contributed by atoms with E-state index in [1.807, 2.05) is 31.2 Å². The number of amides is 1. The molecule has 4 nitrogen and oxygen atoms in total. The molecule has 0 bridgehead atoms. The van der Waals surface area contributed by atoms with Crippen LogP contribution in [0, 0.1) is 0 Å². The largest absolute Gasteiger partial charge is 0.457 e. The van der Waals surface area contributed by atoms with E-state index >= 15 is 0 Å². The fourth-order valence-electron chi connectivity index (χ4n) is 1.90. The van der Waals surface area contributed by atoms with E-state index in [2.05, 4.69) is 0 Å². The smallest absolute Gasteiger partial charge is 0.252 e. The zero-order chi connectivity index (χ0) is 14.5. The monoisotopic (exact) mass is 270 g/mol. The Morgan fingerprint density at radius 3 is 2.40 bits per heavy atom. The number of rotatable bonds is 5. The molecule has 2 aromatic rings. The number of hydrogen-bond acceptors (Lipinski definition) is 3. The van der Waals surface area contributed by atoms with E-state index in [1.54, 1.807) is 24.3 Å². The molecule has 4 heteroatoms. The fraction of sp³-hybridized carbons (Fsp3) is 0.188. The van der Waals surface area contributed by atoms with Crippen molar-refractivity contribution in [1.29, 1.82) is 0 Å². The Kier molecular flexibility index (Phi) is 4.38. The third-order valence-corrected chi connectivity index (χ3v) is 3.13. The first-order valence-corrected chi connectivity index (χ1v) is 6.54. The van der Waals surface area contributed by atoms with Crippen LogP contribution in [0.4, 0.5) is 0 Å². The van der Waals surface area contributed by atoms with Gasteiger partial charge in [0, 0.05) is 6.04 Å². The van der Waals surface area contributed by atoms with Gasteiger partial charge in [-0.3, -0.25) is 4.79 Å². The molecular weight excluding hydrogens is 252 g/mol. The quantitative estimate of drug-likeness (QED) is 0.876. The van der Waals surface area contributed by atoms with Crippen molar-refractivity contribution in [2.75, 3.05) is 0 Å². The second-order valence-corrected chi connectivity index (χ2v) is 4.55. The zero-order valence-corrected chi connectivity index (χ0v) is 11.4. The molecule has 0 unspecified atom stereocenters. The van der Waals surface area contributed by atoms with Crippen molar-refractivity contribution in [1.82, 2.24) is 0 Å².